The van der Waals surface area contributed by atoms with Gasteiger partial charge in [0.1, 0.15) is 5.75 Å². The van der Waals surface area contributed by atoms with Crippen LogP contribution in [0.25, 0.3) is 17.0 Å². The van der Waals surface area contributed by atoms with Gasteiger partial charge in [-0.2, -0.15) is 0 Å². The largest absolute Gasteiger partial charge is 0.503 e. The highest BCUT2D eigenvalue weighted by atomic mass is 16.5. The van der Waals surface area contributed by atoms with Crippen LogP contribution in [0.15, 0.2) is 96.4 Å². The lowest BCUT2D eigenvalue weighted by atomic mass is 9.94. The lowest BCUT2D eigenvalue weighted by molar-refractivity contribution is -0.129. The monoisotopic (exact) mass is 492 g/mol. The number of carbonyl (C=O) groups excluding carboxylic acids is 2. The molecule has 1 amide bonds. The molecule has 5 rings (SSSR count). The number of ketones is 1. The number of aryl methyl sites for hydroxylation is 1. The number of nitrogens with zero attached hydrogens (tertiary/aromatic N) is 1. The first kappa shape index (κ1) is 24.1. The van der Waals surface area contributed by atoms with Crippen molar-refractivity contribution in [3.63, 3.8) is 0 Å². The zero-order chi connectivity index (χ0) is 25.9. The van der Waals surface area contributed by atoms with Gasteiger partial charge in [-0.25, -0.2) is 0 Å². The summed E-state index contributed by atoms with van der Waals surface area (Å²) in [5.41, 5.74) is 4.80. The highest BCUT2D eigenvalue weighted by Gasteiger charge is 2.42. The molecule has 2 heterocycles. The van der Waals surface area contributed by atoms with Crippen molar-refractivity contribution in [2.24, 2.45) is 0 Å². The summed E-state index contributed by atoms with van der Waals surface area (Å²) in [4.78, 5) is 31.5. The van der Waals surface area contributed by atoms with Crippen LogP contribution < -0.4 is 4.74 Å². The number of carbonyl (C=O) groups is 2. The summed E-state index contributed by atoms with van der Waals surface area (Å²) >= 11 is 0. The van der Waals surface area contributed by atoms with Crippen LogP contribution in [0.3, 0.4) is 0 Å². The van der Waals surface area contributed by atoms with Crippen molar-refractivity contribution in [1.29, 1.82) is 0 Å². The molecule has 6 nitrogen and oxygen atoms in total. The summed E-state index contributed by atoms with van der Waals surface area (Å²) in [5.74, 6) is -0.673. The molecule has 4 aromatic rings. The zero-order valence-electron chi connectivity index (χ0n) is 20.8. The van der Waals surface area contributed by atoms with Gasteiger partial charge < -0.3 is 19.7 Å². The van der Waals surface area contributed by atoms with E-state index in [0.717, 1.165) is 38.9 Å². The number of ether oxygens (including phenoxy) is 1. The molecule has 2 N–H and O–H groups in total. The van der Waals surface area contributed by atoms with Crippen molar-refractivity contribution in [2.45, 2.75) is 19.4 Å². The second kappa shape index (κ2) is 10.2. The Hall–Kier alpha value is -4.58. The standard InChI is InChI=1S/C31H28N2O4/c1-20-8-11-22(12-9-20)29-28(27(34)15-10-21-6-4-3-5-7-21)30(35)31(36)33(29)17-16-23-19-32-26-14-13-24(37-2)18-25(23)26/h3-15,18-19,29,32,35H,16-17H2,1-2H3/b15-10+. The Kier molecular flexibility index (Phi) is 6.64. The van der Waals surface area contributed by atoms with Crippen LogP contribution in [0.1, 0.15) is 28.3 Å². The highest BCUT2D eigenvalue weighted by Crippen LogP contribution is 2.38. The molecule has 37 heavy (non-hydrogen) atoms. The van der Waals surface area contributed by atoms with Crippen molar-refractivity contribution in [2.75, 3.05) is 13.7 Å². The van der Waals surface area contributed by atoms with E-state index in [0.29, 0.717) is 13.0 Å². The number of allylic oxidation sites excluding steroid dienone is 1. The van der Waals surface area contributed by atoms with Gasteiger partial charge in [0.05, 0.1) is 18.7 Å². The van der Waals surface area contributed by atoms with Gasteiger partial charge in [0.15, 0.2) is 11.5 Å². The molecular weight excluding hydrogens is 464 g/mol. The van der Waals surface area contributed by atoms with E-state index in [9.17, 15) is 14.7 Å². The number of methoxy groups -OCH3 is 1. The van der Waals surface area contributed by atoms with Gasteiger partial charge in [-0.05, 0) is 54.3 Å². The fourth-order valence-corrected chi connectivity index (χ4v) is 4.79. The smallest absolute Gasteiger partial charge is 0.290 e. The summed E-state index contributed by atoms with van der Waals surface area (Å²) in [6.07, 6.45) is 5.58. The molecule has 1 aliphatic rings. The van der Waals surface area contributed by atoms with E-state index in [-0.39, 0.29) is 11.4 Å². The number of fused-ring (bicyclic) bond motifs is 1. The number of hydrogen-bond acceptors (Lipinski definition) is 4. The predicted octanol–water partition coefficient (Wildman–Crippen LogP) is 5.71. The van der Waals surface area contributed by atoms with E-state index in [4.69, 9.17) is 4.74 Å². The van der Waals surface area contributed by atoms with Gasteiger partial charge in [-0.1, -0.05) is 66.2 Å². The predicted molar refractivity (Wildman–Crippen MR) is 144 cm³/mol. The SMILES string of the molecule is COc1ccc2[nH]cc(CCN3C(=O)C(O)=C(C(=O)/C=C/c4ccccc4)C3c3ccc(C)cc3)c2c1. The quantitative estimate of drug-likeness (QED) is 0.309. The maximum atomic E-state index is 13.3. The minimum absolute atomic E-state index is 0.0987. The Morgan fingerprint density at radius 3 is 2.57 bits per heavy atom. The summed E-state index contributed by atoms with van der Waals surface area (Å²) < 4.78 is 5.37. The van der Waals surface area contributed by atoms with E-state index >= 15 is 0 Å². The second-order valence-corrected chi connectivity index (χ2v) is 9.16. The average molecular weight is 493 g/mol. The van der Waals surface area contributed by atoms with E-state index in [2.05, 4.69) is 4.98 Å². The number of aromatic nitrogens is 1. The van der Waals surface area contributed by atoms with Gasteiger partial charge in [0.25, 0.3) is 5.91 Å². The summed E-state index contributed by atoms with van der Waals surface area (Å²) in [6.45, 7) is 2.30. The van der Waals surface area contributed by atoms with E-state index in [1.165, 1.54) is 6.08 Å². The number of benzene rings is 3. The molecule has 1 unspecified atom stereocenters. The molecule has 1 aromatic heterocycles. The van der Waals surface area contributed by atoms with E-state index in [1.54, 1.807) is 18.1 Å². The number of H-pyrrole nitrogens is 1. The van der Waals surface area contributed by atoms with Gasteiger partial charge in [0.2, 0.25) is 0 Å². The zero-order valence-corrected chi connectivity index (χ0v) is 20.8. The topological polar surface area (TPSA) is 82.6 Å². The molecule has 1 atom stereocenters. The fraction of sp³-hybridized carbons (Fsp3) is 0.161. The highest BCUT2D eigenvalue weighted by molar-refractivity contribution is 6.14. The molecule has 0 bridgehead atoms. The molecule has 0 saturated carbocycles. The van der Waals surface area contributed by atoms with Crippen molar-refractivity contribution in [1.82, 2.24) is 9.88 Å². The van der Waals surface area contributed by atoms with Crippen LogP contribution in [0.2, 0.25) is 0 Å². The molecule has 0 spiro atoms. The average Bonchev–Trinajstić information content (AvgIpc) is 3.44. The number of aromatic amines is 1. The lowest BCUT2D eigenvalue weighted by Crippen LogP contribution is -2.33. The molecule has 0 radical (unpaired) electrons. The molecular formula is C31H28N2O4. The maximum Gasteiger partial charge on any atom is 0.290 e. The molecule has 0 fully saturated rings. The molecule has 186 valence electrons. The van der Waals surface area contributed by atoms with Crippen molar-refractivity contribution in [3.8, 4) is 5.75 Å². The van der Waals surface area contributed by atoms with Crippen LogP contribution in [0.4, 0.5) is 0 Å². The third-order valence-corrected chi connectivity index (χ3v) is 6.79. The van der Waals surface area contributed by atoms with Crippen LogP contribution in [0.5, 0.6) is 5.75 Å². The van der Waals surface area contributed by atoms with Gasteiger partial charge in [-0.15, -0.1) is 0 Å². The van der Waals surface area contributed by atoms with Crippen LogP contribution in [-0.4, -0.2) is 40.3 Å². The number of nitrogens with one attached hydrogen (secondary N) is 1. The summed E-state index contributed by atoms with van der Waals surface area (Å²) in [5, 5.41) is 11.9. The van der Waals surface area contributed by atoms with E-state index < -0.39 is 17.7 Å². The Morgan fingerprint density at radius 2 is 1.84 bits per heavy atom. The molecule has 6 heteroatoms. The summed E-state index contributed by atoms with van der Waals surface area (Å²) in [7, 11) is 1.63. The Bertz CT molecular complexity index is 1510. The number of hydrogen-bond donors (Lipinski definition) is 2. The maximum absolute atomic E-state index is 13.3. The third kappa shape index (κ3) is 4.78. The fourth-order valence-electron chi connectivity index (χ4n) is 4.79. The van der Waals surface area contributed by atoms with E-state index in [1.807, 2.05) is 85.9 Å². The molecule has 1 aliphatic heterocycles. The first-order chi connectivity index (χ1) is 18.0. The van der Waals surface area contributed by atoms with Crippen LogP contribution in [-0.2, 0) is 16.0 Å². The first-order valence-electron chi connectivity index (χ1n) is 12.2. The number of rotatable bonds is 8. The molecule has 3 aromatic carbocycles. The number of aliphatic hydroxyl groups is 1. The second-order valence-electron chi connectivity index (χ2n) is 9.16. The molecule has 0 aliphatic carbocycles. The Balaban J connectivity index is 1.46. The van der Waals surface area contributed by atoms with Crippen LogP contribution in [0, 0.1) is 6.92 Å². The van der Waals surface area contributed by atoms with Crippen LogP contribution >= 0.6 is 0 Å². The first-order valence-corrected chi connectivity index (χ1v) is 12.2. The van der Waals surface area contributed by atoms with Gasteiger partial charge in [0, 0.05) is 23.6 Å². The van der Waals surface area contributed by atoms with Crippen molar-refractivity contribution in [3.05, 3.63) is 119 Å². The lowest BCUT2D eigenvalue weighted by Gasteiger charge is -2.26. The normalized spacial score (nSPS) is 15.8. The minimum Gasteiger partial charge on any atom is -0.503 e. The van der Waals surface area contributed by atoms with Gasteiger partial charge >= 0.3 is 0 Å². The number of aliphatic hydroxyl groups excluding tert-OH is 1. The Labute approximate surface area is 215 Å². The Morgan fingerprint density at radius 1 is 1.08 bits per heavy atom. The molecule has 0 saturated heterocycles. The number of amides is 1. The van der Waals surface area contributed by atoms with Crippen molar-refractivity contribution >= 4 is 28.7 Å². The summed E-state index contributed by atoms with van der Waals surface area (Å²) in [6, 6.07) is 22.3. The third-order valence-electron chi connectivity index (χ3n) is 6.79. The van der Waals surface area contributed by atoms with Gasteiger partial charge in [-0.3, -0.25) is 9.59 Å². The van der Waals surface area contributed by atoms with Crippen molar-refractivity contribution < 1.29 is 19.4 Å². The minimum atomic E-state index is -0.680.